The molecule has 0 radical (unpaired) electrons. The number of halogens is 2. The summed E-state index contributed by atoms with van der Waals surface area (Å²) >= 11 is 5.93. The van der Waals surface area contributed by atoms with Crippen molar-refractivity contribution in [3.05, 3.63) is 58.9 Å². The Hall–Kier alpha value is -1.96. The normalized spacial score (nSPS) is 12.0. The highest BCUT2D eigenvalue weighted by molar-refractivity contribution is 7.89. The summed E-state index contributed by atoms with van der Waals surface area (Å²) in [7, 11) is -3.87. The van der Waals surface area contributed by atoms with Crippen molar-refractivity contribution in [3.8, 4) is 0 Å². The van der Waals surface area contributed by atoms with Gasteiger partial charge in [0.1, 0.15) is 5.82 Å². The minimum Gasteiger partial charge on any atom is -0.319 e. The van der Waals surface area contributed by atoms with Crippen molar-refractivity contribution in [3.63, 3.8) is 0 Å². The third-order valence-corrected chi connectivity index (χ3v) is 5.14. The number of amides is 1. The smallest absolute Gasteiger partial charge is 0.257 e. The lowest BCUT2D eigenvalue weighted by Gasteiger charge is -2.20. The van der Waals surface area contributed by atoms with Gasteiger partial charge in [0.2, 0.25) is 10.0 Å². The summed E-state index contributed by atoms with van der Waals surface area (Å²) in [6.45, 7) is 5.04. The van der Waals surface area contributed by atoms with Crippen LogP contribution < -0.4 is 10.0 Å². The molecule has 2 rings (SSSR count). The number of rotatable bonds is 4. The van der Waals surface area contributed by atoms with Gasteiger partial charge >= 0.3 is 0 Å². The Balaban J connectivity index is 2.26. The summed E-state index contributed by atoms with van der Waals surface area (Å²) < 4.78 is 41.1. The Morgan fingerprint density at radius 3 is 2.32 bits per heavy atom. The summed E-state index contributed by atoms with van der Waals surface area (Å²) in [6, 6.07) is 9.62. The average molecular weight is 385 g/mol. The SMILES string of the molecule is CC(C)(C)NS(=O)(=O)c1ccc(NC(=O)c2ccccc2Cl)c(F)c1. The highest BCUT2D eigenvalue weighted by atomic mass is 35.5. The van der Waals surface area contributed by atoms with Gasteiger partial charge in [-0.05, 0) is 51.1 Å². The Labute approximate surface area is 151 Å². The molecule has 2 N–H and O–H groups in total. The average Bonchev–Trinajstić information content (AvgIpc) is 2.47. The van der Waals surface area contributed by atoms with Crippen molar-refractivity contribution in [2.75, 3.05) is 5.32 Å². The molecule has 0 heterocycles. The second kappa shape index (κ2) is 7.11. The van der Waals surface area contributed by atoms with E-state index in [9.17, 15) is 17.6 Å². The van der Waals surface area contributed by atoms with E-state index in [1.807, 2.05) is 0 Å². The van der Waals surface area contributed by atoms with Crippen LogP contribution in [0.15, 0.2) is 47.4 Å². The molecule has 0 fully saturated rings. The van der Waals surface area contributed by atoms with Crippen molar-refractivity contribution >= 4 is 33.2 Å². The molecule has 1 amide bonds. The molecule has 8 heteroatoms. The van der Waals surface area contributed by atoms with Crippen molar-refractivity contribution in [2.24, 2.45) is 0 Å². The van der Waals surface area contributed by atoms with E-state index in [0.29, 0.717) is 0 Å². The fraction of sp³-hybridized carbons (Fsp3) is 0.235. The van der Waals surface area contributed by atoms with E-state index in [1.54, 1.807) is 39.0 Å². The summed E-state index contributed by atoms with van der Waals surface area (Å²) in [4.78, 5) is 11.9. The van der Waals surface area contributed by atoms with E-state index in [1.165, 1.54) is 18.2 Å². The fourth-order valence-corrected chi connectivity index (χ4v) is 3.71. The minimum atomic E-state index is -3.87. The fourth-order valence-electron chi connectivity index (χ4n) is 2.06. The van der Waals surface area contributed by atoms with Crippen LogP contribution in [0.1, 0.15) is 31.1 Å². The topological polar surface area (TPSA) is 75.3 Å². The van der Waals surface area contributed by atoms with Crippen molar-refractivity contribution < 1.29 is 17.6 Å². The molecule has 2 aromatic rings. The van der Waals surface area contributed by atoms with Gasteiger partial charge in [-0.25, -0.2) is 17.5 Å². The summed E-state index contributed by atoms with van der Waals surface area (Å²) in [5.74, 6) is -1.45. The van der Waals surface area contributed by atoms with Crippen LogP contribution in [-0.2, 0) is 10.0 Å². The lowest BCUT2D eigenvalue weighted by molar-refractivity contribution is 0.102. The Kier molecular flexibility index (Phi) is 5.51. The quantitative estimate of drug-likeness (QED) is 0.841. The largest absolute Gasteiger partial charge is 0.319 e. The minimum absolute atomic E-state index is 0.139. The van der Waals surface area contributed by atoms with Crippen LogP contribution in [0.4, 0.5) is 10.1 Å². The third kappa shape index (κ3) is 5.01. The third-order valence-electron chi connectivity index (χ3n) is 3.06. The first-order valence-electron chi connectivity index (χ1n) is 7.39. The zero-order chi connectivity index (χ0) is 18.8. The van der Waals surface area contributed by atoms with Gasteiger partial charge in [-0.3, -0.25) is 4.79 Å². The standard InChI is InChI=1S/C17H18ClFN2O3S/c1-17(2,3)21-25(23,24)11-8-9-15(14(19)10-11)20-16(22)12-6-4-5-7-13(12)18/h4-10,21H,1-3H3,(H,20,22). The lowest BCUT2D eigenvalue weighted by atomic mass is 10.1. The first-order chi connectivity index (χ1) is 11.5. The van der Waals surface area contributed by atoms with Crippen molar-refractivity contribution in [1.29, 1.82) is 0 Å². The molecular formula is C17H18ClFN2O3S. The van der Waals surface area contributed by atoms with Gasteiger partial charge in [-0.1, -0.05) is 23.7 Å². The number of benzene rings is 2. The number of carbonyl (C=O) groups excluding carboxylic acids is 1. The molecule has 0 bridgehead atoms. The van der Waals surface area contributed by atoms with Crippen LogP contribution >= 0.6 is 11.6 Å². The molecule has 0 unspecified atom stereocenters. The number of sulfonamides is 1. The van der Waals surface area contributed by atoms with E-state index in [-0.39, 0.29) is 21.2 Å². The van der Waals surface area contributed by atoms with Crippen LogP contribution in [0.2, 0.25) is 5.02 Å². The monoisotopic (exact) mass is 384 g/mol. The van der Waals surface area contributed by atoms with Crippen molar-refractivity contribution in [2.45, 2.75) is 31.2 Å². The molecule has 0 atom stereocenters. The Morgan fingerprint density at radius 1 is 1.12 bits per heavy atom. The van der Waals surface area contributed by atoms with Gasteiger partial charge in [-0.15, -0.1) is 0 Å². The predicted octanol–water partition coefficient (Wildman–Crippen LogP) is 3.81. The first-order valence-corrected chi connectivity index (χ1v) is 9.25. The number of carbonyl (C=O) groups is 1. The maximum absolute atomic E-state index is 14.3. The molecule has 0 aliphatic heterocycles. The maximum Gasteiger partial charge on any atom is 0.257 e. The number of hydrogen-bond acceptors (Lipinski definition) is 3. The number of nitrogens with one attached hydrogen (secondary N) is 2. The maximum atomic E-state index is 14.3. The first kappa shape index (κ1) is 19.4. The van der Waals surface area contributed by atoms with Crippen LogP contribution in [0, 0.1) is 5.82 Å². The predicted molar refractivity (Wildman–Crippen MR) is 95.9 cm³/mol. The zero-order valence-corrected chi connectivity index (χ0v) is 15.5. The molecule has 0 spiro atoms. The highest BCUT2D eigenvalue weighted by Crippen LogP contribution is 2.22. The second-order valence-electron chi connectivity index (χ2n) is 6.43. The number of hydrogen-bond donors (Lipinski definition) is 2. The molecule has 5 nitrogen and oxygen atoms in total. The van der Waals surface area contributed by atoms with Gasteiger partial charge in [-0.2, -0.15) is 0 Å². The van der Waals surface area contributed by atoms with E-state index in [4.69, 9.17) is 11.6 Å². The van der Waals surface area contributed by atoms with Gasteiger partial charge in [0.05, 0.1) is 21.2 Å². The van der Waals surface area contributed by atoms with Crippen LogP contribution in [0.3, 0.4) is 0 Å². The van der Waals surface area contributed by atoms with E-state index in [0.717, 1.165) is 6.07 Å². The van der Waals surface area contributed by atoms with Crippen LogP contribution in [-0.4, -0.2) is 19.9 Å². The van der Waals surface area contributed by atoms with Crippen LogP contribution in [0.5, 0.6) is 0 Å². The zero-order valence-electron chi connectivity index (χ0n) is 13.9. The second-order valence-corrected chi connectivity index (χ2v) is 8.52. The number of anilines is 1. The molecule has 0 aliphatic carbocycles. The van der Waals surface area contributed by atoms with Gasteiger partial charge < -0.3 is 5.32 Å². The molecule has 0 aliphatic rings. The van der Waals surface area contributed by atoms with E-state index >= 15 is 0 Å². The Bertz CT molecular complexity index is 908. The van der Waals surface area contributed by atoms with Gasteiger partial charge in [0, 0.05) is 5.54 Å². The molecule has 0 saturated heterocycles. The summed E-state index contributed by atoms with van der Waals surface area (Å²) in [5, 5.41) is 2.61. The van der Waals surface area contributed by atoms with Crippen LogP contribution in [0.25, 0.3) is 0 Å². The highest BCUT2D eigenvalue weighted by Gasteiger charge is 2.23. The summed E-state index contributed by atoms with van der Waals surface area (Å²) in [6.07, 6.45) is 0. The molecular weight excluding hydrogens is 367 g/mol. The molecule has 25 heavy (non-hydrogen) atoms. The van der Waals surface area contributed by atoms with Crippen molar-refractivity contribution in [1.82, 2.24) is 4.72 Å². The molecule has 134 valence electrons. The lowest BCUT2D eigenvalue weighted by Crippen LogP contribution is -2.40. The molecule has 2 aromatic carbocycles. The van der Waals surface area contributed by atoms with E-state index in [2.05, 4.69) is 10.0 Å². The molecule has 0 aromatic heterocycles. The van der Waals surface area contributed by atoms with Gasteiger partial charge in [0.25, 0.3) is 5.91 Å². The summed E-state index contributed by atoms with van der Waals surface area (Å²) in [5.41, 5.74) is -0.652. The molecule has 0 saturated carbocycles. The van der Waals surface area contributed by atoms with E-state index < -0.39 is 27.3 Å². The Morgan fingerprint density at radius 2 is 1.76 bits per heavy atom. The van der Waals surface area contributed by atoms with Gasteiger partial charge in [0.15, 0.2) is 0 Å².